The van der Waals surface area contributed by atoms with Crippen LogP contribution in [0.2, 0.25) is 0 Å². The van der Waals surface area contributed by atoms with Crippen LogP contribution in [0.5, 0.6) is 28.7 Å². The van der Waals surface area contributed by atoms with Crippen LogP contribution in [0.25, 0.3) is 22.1 Å². The van der Waals surface area contributed by atoms with E-state index < -0.39 is 11.9 Å². The zero-order valence-corrected chi connectivity index (χ0v) is 19.3. The standard InChI is InChI=1S/C27H22O8/c1-31-21-11-8-16(26(32-2)27(21)33-3)18-12-22(29)35-20-10-9-17-24(30)19(13-34-25(17)23(18)20)14-4-6-15(28)7-5-14/h4-11,13,18,28H,12H2,1-3H3. The molecule has 0 saturated heterocycles. The predicted octanol–water partition coefficient (Wildman–Crippen LogP) is 4.63. The predicted molar refractivity (Wildman–Crippen MR) is 128 cm³/mol. The van der Waals surface area contributed by atoms with Crippen LogP contribution in [0.1, 0.15) is 23.5 Å². The van der Waals surface area contributed by atoms with Gasteiger partial charge in [0, 0.05) is 17.0 Å². The van der Waals surface area contributed by atoms with Gasteiger partial charge in [0.2, 0.25) is 11.2 Å². The van der Waals surface area contributed by atoms with E-state index in [-0.39, 0.29) is 17.6 Å². The molecular weight excluding hydrogens is 452 g/mol. The third-order valence-corrected chi connectivity index (χ3v) is 6.17. The number of hydrogen-bond acceptors (Lipinski definition) is 8. The maximum Gasteiger partial charge on any atom is 0.312 e. The average molecular weight is 474 g/mol. The molecule has 0 bridgehead atoms. The summed E-state index contributed by atoms with van der Waals surface area (Å²) in [6, 6.07) is 13.0. The summed E-state index contributed by atoms with van der Waals surface area (Å²) >= 11 is 0. The molecule has 1 aliphatic heterocycles. The molecule has 0 radical (unpaired) electrons. The smallest absolute Gasteiger partial charge is 0.312 e. The van der Waals surface area contributed by atoms with E-state index >= 15 is 0 Å². The van der Waals surface area contributed by atoms with Crippen LogP contribution in [-0.2, 0) is 4.79 Å². The zero-order chi connectivity index (χ0) is 24.7. The molecule has 2 heterocycles. The fraction of sp³-hybridized carbons (Fsp3) is 0.185. The number of benzene rings is 3. The minimum absolute atomic E-state index is 0.0153. The second kappa shape index (κ2) is 8.72. The number of hydrogen-bond donors (Lipinski definition) is 1. The molecular formula is C27H22O8. The van der Waals surface area contributed by atoms with Crippen molar-refractivity contribution in [2.45, 2.75) is 12.3 Å². The molecule has 1 aliphatic rings. The van der Waals surface area contributed by atoms with Gasteiger partial charge >= 0.3 is 5.97 Å². The fourth-order valence-corrected chi connectivity index (χ4v) is 4.56. The van der Waals surface area contributed by atoms with E-state index in [2.05, 4.69) is 0 Å². The van der Waals surface area contributed by atoms with Crippen LogP contribution in [0, 0.1) is 0 Å². The monoisotopic (exact) mass is 474 g/mol. The van der Waals surface area contributed by atoms with Gasteiger partial charge in [0.25, 0.3) is 0 Å². The van der Waals surface area contributed by atoms with Crippen molar-refractivity contribution < 1.29 is 33.3 Å². The molecule has 178 valence electrons. The quantitative estimate of drug-likeness (QED) is 0.330. The van der Waals surface area contributed by atoms with Crippen molar-refractivity contribution in [3.05, 3.63) is 76.1 Å². The maximum absolute atomic E-state index is 13.4. The fourth-order valence-electron chi connectivity index (χ4n) is 4.56. The number of phenols is 1. The SMILES string of the molecule is COc1ccc(C2CC(=O)Oc3ccc4c(=O)c(-c5ccc(O)cc5)coc4c32)c(OC)c1OC. The Morgan fingerprint density at radius 1 is 0.886 bits per heavy atom. The van der Waals surface area contributed by atoms with E-state index in [0.29, 0.717) is 56.2 Å². The van der Waals surface area contributed by atoms with E-state index in [1.165, 1.54) is 39.7 Å². The molecule has 0 aliphatic carbocycles. The van der Waals surface area contributed by atoms with Crippen molar-refractivity contribution in [2.24, 2.45) is 0 Å². The number of esters is 1. The van der Waals surface area contributed by atoms with Crippen LogP contribution in [-0.4, -0.2) is 32.4 Å². The van der Waals surface area contributed by atoms with Gasteiger partial charge in [-0.05, 0) is 35.9 Å². The first-order valence-electron chi connectivity index (χ1n) is 10.8. The topological polar surface area (TPSA) is 104 Å². The van der Waals surface area contributed by atoms with Gasteiger partial charge in [-0.25, -0.2) is 0 Å². The second-order valence-electron chi connectivity index (χ2n) is 8.03. The van der Waals surface area contributed by atoms with Gasteiger partial charge in [0.1, 0.15) is 23.3 Å². The Labute approximate surface area is 200 Å². The van der Waals surface area contributed by atoms with Crippen molar-refractivity contribution in [1.29, 1.82) is 0 Å². The molecule has 0 saturated carbocycles. The van der Waals surface area contributed by atoms with E-state index in [1.807, 2.05) is 0 Å². The number of ether oxygens (including phenoxy) is 4. The number of carbonyl (C=O) groups excluding carboxylic acids is 1. The molecule has 1 aromatic heterocycles. The lowest BCUT2D eigenvalue weighted by Gasteiger charge is -2.27. The molecule has 1 unspecified atom stereocenters. The number of carbonyl (C=O) groups is 1. The van der Waals surface area contributed by atoms with Crippen LogP contribution in [0.4, 0.5) is 0 Å². The molecule has 3 aromatic carbocycles. The molecule has 0 fully saturated rings. The highest BCUT2D eigenvalue weighted by Gasteiger charge is 2.35. The van der Waals surface area contributed by atoms with Crippen molar-refractivity contribution in [1.82, 2.24) is 0 Å². The number of rotatable bonds is 5. The average Bonchev–Trinajstić information content (AvgIpc) is 2.87. The zero-order valence-electron chi connectivity index (χ0n) is 19.3. The van der Waals surface area contributed by atoms with E-state index in [4.69, 9.17) is 23.4 Å². The number of aromatic hydroxyl groups is 1. The van der Waals surface area contributed by atoms with Gasteiger partial charge < -0.3 is 28.5 Å². The van der Waals surface area contributed by atoms with Gasteiger partial charge in [0.05, 0.1) is 38.7 Å². The molecule has 5 rings (SSSR count). The minimum atomic E-state index is -0.521. The number of phenolic OH excluding ortho intramolecular Hbond substituents is 1. The summed E-state index contributed by atoms with van der Waals surface area (Å²) in [5, 5.41) is 9.92. The lowest BCUT2D eigenvalue weighted by molar-refractivity contribution is -0.135. The molecule has 0 amide bonds. The third kappa shape index (κ3) is 3.63. The van der Waals surface area contributed by atoms with Crippen molar-refractivity contribution in [3.63, 3.8) is 0 Å². The first kappa shape index (κ1) is 22.3. The van der Waals surface area contributed by atoms with Crippen molar-refractivity contribution >= 4 is 16.9 Å². The molecule has 4 aromatic rings. The first-order chi connectivity index (χ1) is 17.0. The van der Waals surface area contributed by atoms with Crippen molar-refractivity contribution in [3.8, 4) is 39.9 Å². The van der Waals surface area contributed by atoms with E-state index in [9.17, 15) is 14.7 Å². The van der Waals surface area contributed by atoms with Gasteiger partial charge in [-0.1, -0.05) is 18.2 Å². The summed E-state index contributed by atoms with van der Waals surface area (Å²) < 4.78 is 28.1. The van der Waals surface area contributed by atoms with Gasteiger partial charge in [-0.3, -0.25) is 9.59 Å². The summed E-state index contributed by atoms with van der Waals surface area (Å²) in [5.41, 5.74) is 2.29. The Bertz CT molecular complexity index is 1500. The molecule has 1 atom stereocenters. The Morgan fingerprint density at radius 2 is 1.63 bits per heavy atom. The molecule has 8 nitrogen and oxygen atoms in total. The Hall–Kier alpha value is -4.46. The maximum atomic E-state index is 13.4. The lowest BCUT2D eigenvalue weighted by atomic mass is 9.84. The Balaban J connectivity index is 1.75. The summed E-state index contributed by atoms with van der Waals surface area (Å²) in [4.78, 5) is 25.9. The van der Waals surface area contributed by atoms with Gasteiger partial charge in [-0.2, -0.15) is 0 Å². The highest BCUT2D eigenvalue weighted by atomic mass is 16.5. The van der Waals surface area contributed by atoms with Crippen LogP contribution >= 0.6 is 0 Å². The van der Waals surface area contributed by atoms with Crippen molar-refractivity contribution in [2.75, 3.05) is 21.3 Å². The number of fused-ring (bicyclic) bond motifs is 3. The first-order valence-corrected chi connectivity index (χ1v) is 10.8. The van der Waals surface area contributed by atoms with E-state index in [0.717, 1.165) is 0 Å². The van der Waals surface area contributed by atoms with Crippen LogP contribution in [0.3, 0.4) is 0 Å². The molecule has 8 heteroatoms. The second-order valence-corrected chi connectivity index (χ2v) is 8.03. The lowest BCUT2D eigenvalue weighted by Crippen LogP contribution is -2.22. The Morgan fingerprint density at radius 3 is 2.31 bits per heavy atom. The van der Waals surface area contributed by atoms with Crippen LogP contribution in [0.15, 0.2) is 64.0 Å². The molecule has 0 spiro atoms. The minimum Gasteiger partial charge on any atom is -0.508 e. The number of methoxy groups -OCH3 is 3. The summed E-state index contributed by atoms with van der Waals surface area (Å²) in [5.74, 6) is 0.767. The van der Waals surface area contributed by atoms with Gasteiger partial charge in [0.15, 0.2) is 11.5 Å². The summed E-state index contributed by atoms with van der Waals surface area (Å²) in [7, 11) is 4.54. The normalized spacial score (nSPS) is 14.8. The van der Waals surface area contributed by atoms with E-state index in [1.54, 1.807) is 36.4 Å². The highest BCUT2D eigenvalue weighted by Crippen LogP contribution is 2.49. The molecule has 1 N–H and O–H groups in total. The highest BCUT2D eigenvalue weighted by molar-refractivity contribution is 5.90. The summed E-state index contributed by atoms with van der Waals surface area (Å²) in [6.07, 6.45) is 1.40. The third-order valence-electron chi connectivity index (χ3n) is 6.17. The largest absolute Gasteiger partial charge is 0.508 e. The van der Waals surface area contributed by atoms with Gasteiger partial charge in [-0.15, -0.1) is 0 Å². The molecule has 35 heavy (non-hydrogen) atoms. The van der Waals surface area contributed by atoms with Crippen LogP contribution < -0.4 is 24.4 Å². The summed E-state index contributed by atoms with van der Waals surface area (Å²) in [6.45, 7) is 0. The Kier molecular flexibility index (Phi) is 5.56.